The van der Waals surface area contributed by atoms with Gasteiger partial charge >= 0.3 is 0 Å². The molecular weight excluding hydrogens is 450 g/mol. The predicted molar refractivity (Wildman–Crippen MR) is 120 cm³/mol. The fourth-order valence-corrected chi connectivity index (χ4v) is 5.59. The Kier molecular flexibility index (Phi) is 7.07. The van der Waals surface area contributed by atoms with Crippen LogP contribution in [0.15, 0.2) is 88.9 Å². The van der Waals surface area contributed by atoms with Crippen LogP contribution in [0.25, 0.3) is 0 Å². The number of pyridine rings is 1. The van der Waals surface area contributed by atoms with E-state index in [4.69, 9.17) is 0 Å². The molecule has 0 bridgehead atoms. The van der Waals surface area contributed by atoms with Gasteiger partial charge in [0.05, 0.1) is 9.79 Å². The van der Waals surface area contributed by atoms with Crippen molar-refractivity contribution in [3.63, 3.8) is 0 Å². The van der Waals surface area contributed by atoms with E-state index >= 15 is 0 Å². The van der Waals surface area contributed by atoms with Gasteiger partial charge in [0.25, 0.3) is 5.91 Å². The second kappa shape index (κ2) is 9.60. The van der Waals surface area contributed by atoms with Crippen LogP contribution in [0.5, 0.6) is 0 Å². The number of rotatable bonds is 8. The minimum atomic E-state index is -3.81. The number of benzene rings is 2. The van der Waals surface area contributed by atoms with Crippen molar-refractivity contribution in [3.05, 3.63) is 90.3 Å². The molecule has 2 aromatic carbocycles. The minimum absolute atomic E-state index is 0.0546. The molecule has 3 aromatic rings. The second-order valence-electron chi connectivity index (χ2n) is 7.15. The highest BCUT2D eigenvalue weighted by Gasteiger charge is 2.30. The average molecular weight is 474 g/mol. The molecule has 1 heterocycles. The highest BCUT2D eigenvalue weighted by Crippen LogP contribution is 2.28. The van der Waals surface area contributed by atoms with E-state index in [1.165, 1.54) is 62.9 Å². The summed E-state index contributed by atoms with van der Waals surface area (Å²) in [6, 6.07) is 16.7. The molecule has 3 rings (SSSR count). The number of carbonyl (C=O) groups is 1. The third kappa shape index (κ3) is 5.04. The third-order valence-corrected chi connectivity index (χ3v) is 8.79. The molecule has 1 amide bonds. The highest BCUT2D eigenvalue weighted by molar-refractivity contribution is 7.91. The second-order valence-corrected chi connectivity index (χ2v) is 11.4. The summed E-state index contributed by atoms with van der Waals surface area (Å²) in [7, 11) is -4.59. The lowest BCUT2D eigenvalue weighted by Crippen LogP contribution is -2.32. The molecule has 0 unspecified atom stereocenters. The van der Waals surface area contributed by atoms with Crippen LogP contribution in [-0.2, 0) is 19.9 Å². The SMILES string of the molecule is CN(C)S(=O)(=O)c1ccc(C(=O)NC[C@@H](c2cccnc2)S(=O)(=O)c2ccccc2)cc1. The van der Waals surface area contributed by atoms with Gasteiger partial charge in [-0.05, 0) is 48.0 Å². The Morgan fingerprint density at radius 1 is 0.906 bits per heavy atom. The van der Waals surface area contributed by atoms with Crippen molar-refractivity contribution in [2.75, 3.05) is 20.6 Å². The standard InChI is InChI=1S/C22H23N3O5S2/c1-25(2)32(29,30)20-12-10-17(11-13-20)22(26)24-16-21(18-7-6-14-23-15-18)31(27,28)19-8-4-3-5-9-19/h3-15,21H,16H2,1-2H3,(H,24,26)/t21-/m0/s1. The molecule has 0 saturated carbocycles. The van der Waals surface area contributed by atoms with Crippen LogP contribution in [0.3, 0.4) is 0 Å². The number of sulfonamides is 1. The minimum Gasteiger partial charge on any atom is -0.350 e. The summed E-state index contributed by atoms with van der Waals surface area (Å²) in [5, 5.41) is 1.60. The summed E-state index contributed by atoms with van der Waals surface area (Å²) in [6.45, 7) is -0.181. The first kappa shape index (κ1) is 23.6. The lowest BCUT2D eigenvalue weighted by Gasteiger charge is -2.19. The van der Waals surface area contributed by atoms with Crippen molar-refractivity contribution in [2.24, 2.45) is 0 Å². The van der Waals surface area contributed by atoms with E-state index in [2.05, 4.69) is 10.3 Å². The quantitative estimate of drug-likeness (QED) is 0.537. The van der Waals surface area contributed by atoms with E-state index in [9.17, 15) is 21.6 Å². The van der Waals surface area contributed by atoms with Crippen molar-refractivity contribution in [2.45, 2.75) is 15.0 Å². The van der Waals surface area contributed by atoms with Crippen LogP contribution in [0.2, 0.25) is 0 Å². The van der Waals surface area contributed by atoms with Gasteiger partial charge in [-0.2, -0.15) is 0 Å². The first-order chi connectivity index (χ1) is 15.1. The summed E-state index contributed by atoms with van der Waals surface area (Å²) in [4.78, 5) is 16.9. The maximum atomic E-state index is 13.3. The van der Waals surface area contributed by atoms with E-state index in [1.807, 2.05) is 0 Å². The number of sulfone groups is 1. The number of aromatic nitrogens is 1. The first-order valence-electron chi connectivity index (χ1n) is 9.63. The largest absolute Gasteiger partial charge is 0.350 e. The lowest BCUT2D eigenvalue weighted by molar-refractivity contribution is 0.0953. The molecule has 0 aliphatic rings. The zero-order valence-corrected chi connectivity index (χ0v) is 19.2. The van der Waals surface area contributed by atoms with Crippen LogP contribution in [0.1, 0.15) is 21.2 Å². The van der Waals surface area contributed by atoms with Gasteiger partial charge in [0.2, 0.25) is 10.0 Å². The number of amides is 1. The van der Waals surface area contributed by atoms with Crippen molar-refractivity contribution < 1.29 is 21.6 Å². The predicted octanol–water partition coefficient (Wildman–Crippen LogP) is 2.28. The Morgan fingerprint density at radius 3 is 2.12 bits per heavy atom. The van der Waals surface area contributed by atoms with Crippen LogP contribution in [0.4, 0.5) is 0 Å². The van der Waals surface area contributed by atoms with Crippen molar-refractivity contribution in [1.29, 1.82) is 0 Å². The Morgan fingerprint density at radius 2 is 1.56 bits per heavy atom. The summed E-state index contributed by atoms with van der Waals surface area (Å²) < 4.78 is 51.9. The average Bonchev–Trinajstić information content (AvgIpc) is 2.80. The fourth-order valence-electron chi connectivity index (χ4n) is 3.02. The molecule has 0 aliphatic heterocycles. The molecule has 0 saturated heterocycles. The molecule has 1 N–H and O–H groups in total. The zero-order valence-electron chi connectivity index (χ0n) is 17.5. The van der Waals surface area contributed by atoms with Gasteiger partial charge in [-0.1, -0.05) is 24.3 Å². The van der Waals surface area contributed by atoms with Gasteiger partial charge in [0, 0.05) is 38.6 Å². The van der Waals surface area contributed by atoms with Gasteiger partial charge in [-0.3, -0.25) is 9.78 Å². The van der Waals surface area contributed by atoms with E-state index in [1.54, 1.807) is 30.3 Å². The molecule has 0 spiro atoms. The summed E-state index contributed by atoms with van der Waals surface area (Å²) in [5.74, 6) is -0.518. The molecule has 168 valence electrons. The molecule has 1 atom stereocenters. The van der Waals surface area contributed by atoms with Gasteiger partial charge in [-0.25, -0.2) is 21.1 Å². The molecule has 0 aliphatic carbocycles. The van der Waals surface area contributed by atoms with Crippen LogP contribution >= 0.6 is 0 Å². The number of hydrogen-bond acceptors (Lipinski definition) is 6. The molecule has 0 radical (unpaired) electrons. The molecule has 1 aromatic heterocycles. The van der Waals surface area contributed by atoms with Crippen molar-refractivity contribution in [1.82, 2.24) is 14.6 Å². The molecule has 10 heteroatoms. The van der Waals surface area contributed by atoms with E-state index in [0.717, 1.165) is 4.31 Å². The van der Waals surface area contributed by atoms with Gasteiger partial charge in [-0.15, -0.1) is 0 Å². The van der Waals surface area contributed by atoms with Crippen molar-refractivity contribution >= 4 is 25.8 Å². The monoisotopic (exact) mass is 473 g/mol. The van der Waals surface area contributed by atoms with Crippen LogP contribution < -0.4 is 5.32 Å². The Bertz CT molecular complexity index is 1280. The topological polar surface area (TPSA) is 114 Å². The van der Waals surface area contributed by atoms with E-state index in [0.29, 0.717) is 5.56 Å². The van der Waals surface area contributed by atoms with Gasteiger partial charge < -0.3 is 5.32 Å². The van der Waals surface area contributed by atoms with Crippen LogP contribution in [-0.4, -0.2) is 52.7 Å². The normalized spacial score (nSPS) is 13.0. The fraction of sp³-hybridized carbons (Fsp3) is 0.182. The van der Waals surface area contributed by atoms with E-state index in [-0.39, 0.29) is 21.9 Å². The van der Waals surface area contributed by atoms with Crippen LogP contribution in [0, 0.1) is 0 Å². The molecule has 32 heavy (non-hydrogen) atoms. The van der Waals surface area contributed by atoms with Gasteiger partial charge in [0.15, 0.2) is 9.84 Å². The summed E-state index contributed by atoms with van der Waals surface area (Å²) in [6.07, 6.45) is 3.00. The Balaban J connectivity index is 1.83. The number of nitrogens with zero attached hydrogens (tertiary/aromatic N) is 2. The number of hydrogen-bond donors (Lipinski definition) is 1. The Labute approximate surface area is 187 Å². The number of carbonyl (C=O) groups excluding carboxylic acids is 1. The summed E-state index contributed by atoms with van der Waals surface area (Å²) in [5.41, 5.74) is 0.661. The third-order valence-electron chi connectivity index (χ3n) is 4.85. The Hall–Kier alpha value is -3.08. The molecule has 0 fully saturated rings. The first-order valence-corrected chi connectivity index (χ1v) is 12.6. The summed E-state index contributed by atoms with van der Waals surface area (Å²) >= 11 is 0. The molecular formula is C22H23N3O5S2. The maximum Gasteiger partial charge on any atom is 0.251 e. The highest BCUT2D eigenvalue weighted by atomic mass is 32.2. The number of nitrogens with one attached hydrogen (secondary N) is 1. The maximum absolute atomic E-state index is 13.3. The van der Waals surface area contributed by atoms with Gasteiger partial charge in [0.1, 0.15) is 5.25 Å². The zero-order chi connectivity index (χ0) is 23.4. The lowest BCUT2D eigenvalue weighted by atomic mass is 10.2. The van der Waals surface area contributed by atoms with E-state index < -0.39 is 31.0 Å². The van der Waals surface area contributed by atoms with Crippen molar-refractivity contribution in [3.8, 4) is 0 Å². The molecule has 8 nitrogen and oxygen atoms in total. The smallest absolute Gasteiger partial charge is 0.251 e.